The summed E-state index contributed by atoms with van der Waals surface area (Å²) >= 11 is 0. The van der Waals surface area contributed by atoms with Crippen LogP contribution in [0, 0.1) is 0 Å². The minimum absolute atomic E-state index is 0.0878. The smallest absolute Gasteiger partial charge is 0.381 e. The normalized spacial score (nSPS) is 17.9. The summed E-state index contributed by atoms with van der Waals surface area (Å²) in [6, 6.07) is 0. The first-order valence-electron chi connectivity index (χ1n) is 5.27. The van der Waals surface area contributed by atoms with Gasteiger partial charge in [-0.05, 0) is 0 Å². The highest BCUT2D eigenvalue weighted by molar-refractivity contribution is 6.08. The van der Waals surface area contributed by atoms with Crippen LogP contribution in [-0.2, 0) is 38.1 Å². The zero-order chi connectivity index (χ0) is 13.8. The van der Waals surface area contributed by atoms with Crippen molar-refractivity contribution in [2.75, 3.05) is 13.2 Å². The van der Waals surface area contributed by atoms with E-state index < -0.39 is 23.9 Å². The molecule has 2 aliphatic rings. The molecular formula is C11H8O8. The van der Waals surface area contributed by atoms with E-state index in [-0.39, 0.29) is 24.7 Å². The van der Waals surface area contributed by atoms with Crippen LogP contribution in [0.4, 0.5) is 0 Å². The molecule has 8 heteroatoms. The SMILES string of the molecule is O=C1C=C(OCCCOC2=CC(=O)OC2=O)C(=O)O1. The Balaban J connectivity index is 1.66. The number of ether oxygens (including phenoxy) is 4. The lowest BCUT2D eigenvalue weighted by molar-refractivity contribution is -0.153. The minimum atomic E-state index is -0.835. The number of rotatable bonds is 6. The van der Waals surface area contributed by atoms with Gasteiger partial charge in [0.15, 0.2) is 0 Å². The van der Waals surface area contributed by atoms with E-state index in [0.29, 0.717) is 6.42 Å². The van der Waals surface area contributed by atoms with Crippen LogP contribution in [0.15, 0.2) is 23.7 Å². The van der Waals surface area contributed by atoms with Gasteiger partial charge < -0.3 is 18.9 Å². The van der Waals surface area contributed by atoms with Crippen molar-refractivity contribution in [1.29, 1.82) is 0 Å². The van der Waals surface area contributed by atoms with Crippen LogP contribution in [0.2, 0.25) is 0 Å². The van der Waals surface area contributed by atoms with Gasteiger partial charge in [0, 0.05) is 6.42 Å². The fourth-order valence-electron chi connectivity index (χ4n) is 1.30. The second-order valence-corrected chi connectivity index (χ2v) is 3.48. The molecule has 100 valence electrons. The number of hydrogen-bond donors (Lipinski definition) is 0. The van der Waals surface area contributed by atoms with Crippen LogP contribution < -0.4 is 0 Å². The van der Waals surface area contributed by atoms with E-state index >= 15 is 0 Å². The molecule has 0 aromatic heterocycles. The quantitative estimate of drug-likeness (QED) is 0.355. The van der Waals surface area contributed by atoms with Gasteiger partial charge in [-0.3, -0.25) is 0 Å². The van der Waals surface area contributed by atoms with E-state index in [2.05, 4.69) is 9.47 Å². The summed E-state index contributed by atoms with van der Waals surface area (Å²) in [5.41, 5.74) is 0. The molecule has 0 aromatic rings. The van der Waals surface area contributed by atoms with E-state index in [1.807, 2.05) is 0 Å². The molecule has 0 N–H and O–H groups in total. The van der Waals surface area contributed by atoms with Gasteiger partial charge in [-0.1, -0.05) is 0 Å². The zero-order valence-corrected chi connectivity index (χ0v) is 9.54. The first kappa shape index (κ1) is 12.8. The number of hydrogen-bond acceptors (Lipinski definition) is 8. The van der Waals surface area contributed by atoms with Crippen LogP contribution in [0.5, 0.6) is 0 Å². The molecule has 0 unspecified atom stereocenters. The number of esters is 4. The molecular weight excluding hydrogens is 260 g/mol. The minimum Gasteiger partial charge on any atom is -0.486 e. The standard InChI is InChI=1S/C11H8O8/c12-8-4-6(10(14)18-8)16-2-1-3-17-7-5-9(13)19-11(7)15/h4-5H,1-3H2. The Bertz CT molecular complexity index is 467. The van der Waals surface area contributed by atoms with E-state index in [4.69, 9.17) is 9.47 Å². The van der Waals surface area contributed by atoms with Crippen LogP contribution >= 0.6 is 0 Å². The topological polar surface area (TPSA) is 105 Å². The number of cyclic esters (lactones) is 4. The molecule has 0 aliphatic carbocycles. The van der Waals surface area contributed by atoms with Crippen molar-refractivity contribution in [3.63, 3.8) is 0 Å². The number of carbonyl (C=O) groups excluding carboxylic acids is 4. The predicted octanol–water partition coefficient (Wildman–Crippen LogP) is -0.656. The molecule has 0 radical (unpaired) electrons. The van der Waals surface area contributed by atoms with Crippen molar-refractivity contribution in [1.82, 2.24) is 0 Å². The maximum atomic E-state index is 11.0. The molecule has 0 bridgehead atoms. The Labute approximate surface area is 106 Å². The summed E-state index contributed by atoms with van der Waals surface area (Å²) < 4.78 is 18.4. The second kappa shape index (κ2) is 5.34. The average Bonchev–Trinajstić information content (AvgIpc) is 2.81. The zero-order valence-electron chi connectivity index (χ0n) is 9.54. The summed E-state index contributed by atoms with van der Waals surface area (Å²) in [7, 11) is 0. The van der Waals surface area contributed by atoms with Gasteiger partial charge in [-0.25, -0.2) is 19.2 Å². The van der Waals surface area contributed by atoms with Crippen LogP contribution in [0.1, 0.15) is 6.42 Å². The predicted molar refractivity (Wildman–Crippen MR) is 54.9 cm³/mol. The highest BCUT2D eigenvalue weighted by Crippen LogP contribution is 2.11. The molecule has 2 rings (SSSR count). The number of carbonyl (C=O) groups is 4. The average molecular weight is 268 g/mol. The van der Waals surface area contributed by atoms with Crippen molar-refractivity contribution >= 4 is 23.9 Å². The van der Waals surface area contributed by atoms with Crippen molar-refractivity contribution in [2.45, 2.75) is 6.42 Å². The van der Waals surface area contributed by atoms with Gasteiger partial charge in [0.1, 0.15) is 0 Å². The fourth-order valence-corrected chi connectivity index (χ4v) is 1.30. The molecule has 0 saturated heterocycles. The van der Waals surface area contributed by atoms with E-state index in [1.165, 1.54) is 0 Å². The van der Waals surface area contributed by atoms with E-state index in [9.17, 15) is 19.2 Å². The third kappa shape index (κ3) is 3.18. The molecule has 0 atom stereocenters. The highest BCUT2D eigenvalue weighted by atomic mass is 16.6. The van der Waals surface area contributed by atoms with Crippen LogP contribution in [-0.4, -0.2) is 37.1 Å². The van der Waals surface area contributed by atoms with Crippen molar-refractivity contribution in [2.24, 2.45) is 0 Å². The first-order chi connectivity index (χ1) is 9.06. The molecule has 0 fully saturated rings. The maximum Gasteiger partial charge on any atom is 0.381 e. The third-order valence-electron chi connectivity index (χ3n) is 2.09. The van der Waals surface area contributed by atoms with Gasteiger partial charge in [0.25, 0.3) is 0 Å². The second-order valence-electron chi connectivity index (χ2n) is 3.48. The lowest BCUT2D eigenvalue weighted by Gasteiger charge is -2.05. The Morgan fingerprint density at radius 3 is 1.53 bits per heavy atom. The summed E-state index contributed by atoms with van der Waals surface area (Å²) in [5.74, 6) is -3.54. The lowest BCUT2D eigenvalue weighted by atomic mass is 10.4. The van der Waals surface area contributed by atoms with Gasteiger partial charge in [-0.2, -0.15) is 0 Å². The largest absolute Gasteiger partial charge is 0.486 e. The van der Waals surface area contributed by atoms with Gasteiger partial charge in [0.05, 0.1) is 25.4 Å². The molecule has 2 aliphatic heterocycles. The van der Waals surface area contributed by atoms with Crippen LogP contribution in [0.25, 0.3) is 0 Å². The molecule has 19 heavy (non-hydrogen) atoms. The Kier molecular flexibility index (Phi) is 3.60. The van der Waals surface area contributed by atoms with Crippen LogP contribution in [0.3, 0.4) is 0 Å². The molecule has 8 nitrogen and oxygen atoms in total. The first-order valence-corrected chi connectivity index (χ1v) is 5.27. The van der Waals surface area contributed by atoms with Crippen molar-refractivity contribution in [3.05, 3.63) is 23.7 Å². The highest BCUT2D eigenvalue weighted by Gasteiger charge is 2.26. The molecule has 0 aromatic carbocycles. The summed E-state index contributed by atoms with van der Waals surface area (Å²) in [6.45, 7) is 0.176. The molecule has 0 amide bonds. The monoisotopic (exact) mass is 268 g/mol. The fraction of sp³-hybridized carbons (Fsp3) is 0.273. The summed E-state index contributed by atoms with van der Waals surface area (Å²) in [6.07, 6.45) is 2.22. The Morgan fingerprint density at radius 2 is 1.21 bits per heavy atom. The van der Waals surface area contributed by atoms with Crippen molar-refractivity contribution in [3.8, 4) is 0 Å². The van der Waals surface area contributed by atoms with Gasteiger partial charge in [0.2, 0.25) is 11.5 Å². The van der Waals surface area contributed by atoms with E-state index in [0.717, 1.165) is 12.2 Å². The molecule has 0 spiro atoms. The molecule has 2 heterocycles. The Morgan fingerprint density at radius 1 is 0.789 bits per heavy atom. The maximum absolute atomic E-state index is 11.0. The summed E-state index contributed by atoms with van der Waals surface area (Å²) in [5, 5.41) is 0. The van der Waals surface area contributed by atoms with Gasteiger partial charge >= 0.3 is 23.9 Å². The third-order valence-corrected chi connectivity index (χ3v) is 2.09. The van der Waals surface area contributed by atoms with Crippen molar-refractivity contribution < 1.29 is 38.1 Å². The Hall–Kier alpha value is -2.64. The summed E-state index contributed by atoms with van der Waals surface area (Å²) in [4.78, 5) is 43.3. The lowest BCUT2D eigenvalue weighted by Crippen LogP contribution is -2.08. The van der Waals surface area contributed by atoms with Gasteiger partial charge in [-0.15, -0.1) is 0 Å². The van der Waals surface area contributed by atoms with E-state index in [1.54, 1.807) is 0 Å². The molecule has 0 saturated carbocycles.